The summed E-state index contributed by atoms with van der Waals surface area (Å²) in [5, 5.41) is 0. The van der Waals surface area contributed by atoms with Crippen LogP contribution in [0.25, 0.3) is 0 Å². The molecule has 90 valence electrons. The minimum Gasteiger partial charge on any atom is -0.306 e. The zero-order valence-electron chi connectivity index (χ0n) is 10.4. The summed E-state index contributed by atoms with van der Waals surface area (Å²) in [5.41, 5.74) is 2.28. The van der Waals surface area contributed by atoms with E-state index in [-0.39, 0.29) is 5.41 Å². The molecular formula is C14H18N2O. The van der Waals surface area contributed by atoms with Crippen LogP contribution < -0.4 is 0 Å². The van der Waals surface area contributed by atoms with Gasteiger partial charge in [-0.2, -0.15) is 4.99 Å². The lowest BCUT2D eigenvalue weighted by Crippen LogP contribution is -2.38. The SMILES string of the molecule is CN1CCC(C)(c2ccc(N=C=O)cc2)CC1. The van der Waals surface area contributed by atoms with Gasteiger partial charge in [0, 0.05) is 0 Å². The van der Waals surface area contributed by atoms with E-state index < -0.39 is 0 Å². The number of nitrogens with zero attached hydrogens (tertiary/aromatic N) is 2. The Morgan fingerprint density at radius 2 is 1.82 bits per heavy atom. The van der Waals surface area contributed by atoms with E-state index >= 15 is 0 Å². The summed E-state index contributed by atoms with van der Waals surface area (Å²) in [4.78, 5) is 16.1. The van der Waals surface area contributed by atoms with Crippen LogP contribution in [0.1, 0.15) is 25.3 Å². The van der Waals surface area contributed by atoms with Crippen molar-refractivity contribution in [1.82, 2.24) is 4.90 Å². The molecule has 0 amide bonds. The second-order valence-electron chi connectivity index (χ2n) is 5.11. The maximum absolute atomic E-state index is 10.2. The molecule has 2 rings (SSSR count). The highest BCUT2D eigenvalue weighted by atomic mass is 16.1. The van der Waals surface area contributed by atoms with Crippen molar-refractivity contribution >= 4 is 11.8 Å². The molecule has 0 atom stereocenters. The number of hydrogen-bond donors (Lipinski definition) is 0. The first kappa shape index (κ1) is 12.0. The predicted octanol–water partition coefficient (Wildman–Crippen LogP) is 2.64. The highest BCUT2D eigenvalue weighted by Gasteiger charge is 2.30. The zero-order valence-corrected chi connectivity index (χ0v) is 10.4. The van der Waals surface area contributed by atoms with Crippen molar-refractivity contribution in [3.63, 3.8) is 0 Å². The van der Waals surface area contributed by atoms with Gasteiger partial charge in [-0.15, -0.1) is 0 Å². The summed E-state index contributed by atoms with van der Waals surface area (Å²) < 4.78 is 0. The van der Waals surface area contributed by atoms with Crippen molar-refractivity contribution in [2.24, 2.45) is 4.99 Å². The molecule has 3 nitrogen and oxygen atoms in total. The second-order valence-corrected chi connectivity index (χ2v) is 5.11. The minimum absolute atomic E-state index is 0.260. The fourth-order valence-corrected chi connectivity index (χ4v) is 2.39. The summed E-state index contributed by atoms with van der Waals surface area (Å²) >= 11 is 0. The molecule has 1 aromatic carbocycles. The third kappa shape index (κ3) is 2.63. The number of benzene rings is 1. The van der Waals surface area contributed by atoms with Gasteiger partial charge in [0.2, 0.25) is 6.08 Å². The summed E-state index contributed by atoms with van der Waals surface area (Å²) in [7, 11) is 2.17. The summed E-state index contributed by atoms with van der Waals surface area (Å²) in [6.45, 7) is 4.60. The van der Waals surface area contributed by atoms with Crippen molar-refractivity contribution < 1.29 is 4.79 Å². The number of isocyanates is 1. The van der Waals surface area contributed by atoms with Gasteiger partial charge >= 0.3 is 0 Å². The number of piperidine rings is 1. The van der Waals surface area contributed by atoms with Crippen molar-refractivity contribution in [3.8, 4) is 0 Å². The Hall–Kier alpha value is -1.44. The zero-order chi connectivity index (χ0) is 12.3. The fourth-order valence-electron chi connectivity index (χ4n) is 2.39. The van der Waals surface area contributed by atoms with Crippen molar-refractivity contribution in [1.29, 1.82) is 0 Å². The largest absolute Gasteiger partial charge is 0.306 e. The first-order valence-corrected chi connectivity index (χ1v) is 6.01. The molecule has 3 heteroatoms. The average molecular weight is 230 g/mol. The van der Waals surface area contributed by atoms with E-state index in [0.29, 0.717) is 5.69 Å². The van der Waals surface area contributed by atoms with Gasteiger partial charge in [-0.25, -0.2) is 4.79 Å². The maximum Gasteiger partial charge on any atom is 0.240 e. The number of likely N-dealkylation sites (tertiary alicyclic amines) is 1. The Labute approximate surface area is 102 Å². The van der Waals surface area contributed by atoms with Crippen LogP contribution in [0.2, 0.25) is 0 Å². The summed E-state index contributed by atoms with van der Waals surface area (Å²) in [6, 6.07) is 7.95. The Balaban J connectivity index is 2.19. The van der Waals surface area contributed by atoms with Crippen LogP contribution in [0.4, 0.5) is 5.69 Å². The molecule has 1 aliphatic rings. The molecule has 1 aliphatic heterocycles. The summed E-state index contributed by atoms with van der Waals surface area (Å²) in [6.07, 6.45) is 3.93. The van der Waals surface area contributed by atoms with Gasteiger partial charge in [0.05, 0.1) is 5.69 Å². The van der Waals surface area contributed by atoms with Gasteiger partial charge in [-0.05, 0) is 56.1 Å². The van der Waals surface area contributed by atoms with Crippen LogP contribution in [0, 0.1) is 0 Å². The molecule has 0 aromatic heterocycles. The predicted molar refractivity (Wildman–Crippen MR) is 68.3 cm³/mol. The first-order valence-electron chi connectivity index (χ1n) is 6.01. The molecule has 1 fully saturated rings. The maximum atomic E-state index is 10.2. The normalized spacial score (nSPS) is 19.6. The molecule has 1 saturated heterocycles. The molecule has 1 aromatic rings. The van der Waals surface area contributed by atoms with Gasteiger partial charge < -0.3 is 4.90 Å². The standard InChI is InChI=1S/C14H18N2O/c1-14(7-9-16(2)10-8-14)12-3-5-13(6-4-12)15-11-17/h3-6H,7-10H2,1-2H3. The lowest BCUT2D eigenvalue weighted by Gasteiger charge is -2.38. The number of hydrogen-bond acceptors (Lipinski definition) is 3. The van der Waals surface area contributed by atoms with Crippen LogP contribution in [0.15, 0.2) is 29.3 Å². The van der Waals surface area contributed by atoms with E-state index in [4.69, 9.17) is 0 Å². The minimum atomic E-state index is 0.260. The Bertz CT molecular complexity index is 424. The van der Waals surface area contributed by atoms with Crippen LogP contribution in [0.3, 0.4) is 0 Å². The van der Waals surface area contributed by atoms with Crippen molar-refractivity contribution in [2.75, 3.05) is 20.1 Å². The number of rotatable bonds is 2. The molecule has 0 spiro atoms. The van der Waals surface area contributed by atoms with Crippen LogP contribution in [-0.2, 0) is 10.2 Å². The molecule has 17 heavy (non-hydrogen) atoms. The van der Waals surface area contributed by atoms with Crippen LogP contribution in [-0.4, -0.2) is 31.1 Å². The highest BCUT2D eigenvalue weighted by molar-refractivity contribution is 5.49. The van der Waals surface area contributed by atoms with Gasteiger partial charge in [0.15, 0.2) is 0 Å². The van der Waals surface area contributed by atoms with E-state index in [2.05, 4.69) is 36.0 Å². The van der Waals surface area contributed by atoms with Crippen LogP contribution in [0.5, 0.6) is 0 Å². The third-order valence-corrected chi connectivity index (χ3v) is 3.83. The second kappa shape index (κ2) is 4.82. The van der Waals surface area contributed by atoms with Crippen molar-refractivity contribution in [2.45, 2.75) is 25.2 Å². The monoisotopic (exact) mass is 230 g/mol. The highest BCUT2D eigenvalue weighted by Crippen LogP contribution is 2.35. The molecule has 1 heterocycles. The fraction of sp³-hybridized carbons (Fsp3) is 0.500. The molecular weight excluding hydrogens is 212 g/mol. The molecule has 0 radical (unpaired) electrons. The van der Waals surface area contributed by atoms with Gasteiger partial charge in [0.25, 0.3) is 0 Å². The van der Waals surface area contributed by atoms with Crippen molar-refractivity contribution in [3.05, 3.63) is 29.8 Å². The summed E-state index contributed by atoms with van der Waals surface area (Å²) in [5.74, 6) is 0. The van der Waals surface area contributed by atoms with E-state index in [1.54, 1.807) is 6.08 Å². The Morgan fingerprint density at radius 1 is 1.24 bits per heavy atom. The molecule has 0 saturated carbocycles. The van der Waals surface area contributed by atoms with Gasteiger partial charge in [0.1, 0.15) is 0 Å². The molecule has 0 aliphatic carbocycles. The number of aliphatic imine (C=N–C) groups is 1. The van der Waals surface area contributed by atoms with Crippen LogP contribution >= 0.6 is 0 Å². The Morgan fingerprint density at radius 3 is 2.35 bits per heavy atom. The lowest BCUT2D eigenvalue weighted by atomic mass is 9.74. The number of carbonyl (C=O) groups excluding carboxylic acids is 1. The van der Waals surface area contributed by atoms with E-state index in [1.807, 2.05) is 12.1 Å². The van der Waals surface area contributed by atoms with E-state index in [1.165, 1.54) is 18.4 Å². The molecule has 0 N–H and O–H groups in total. The third-order valence-electron chi connectivity index (χ3n) is 3.83. The average Bonchev–Trinajstić information content (AvgIpc) is 2.35. The van der Waals surface area contributed by atoms with E-state index in [9.17, 15) is 4.79 Å². The molecule has 0 unspecified atom stereocenters. The van der Waals surface area contributed by atoms with Gasteiger partial charge in [-0.1, -0.05) is 19.1 Å². The quantitative estimate of drug-likeness (QED) is 0.578. The van der Waals surface area contributed by atoms with E-state index in [0.717, 1.165) is 13.1 Å². The lowest BCUT2D eigenvalue weighted by molar-refractivity contribution is 0.200. The Kier molecular flexibility index (Phi) is 3.41. The smallest absolute Gasteiger partial charge is 0.240 e. The molecule has 0 bridgehead atoms. The van der Waals surface area contributed by atoms with Gasteiger partial charge in [-0.3, -0.25) is 0 Å². The topological polar surface area (TPSA) is 32.7 Å². The first-order chi connectivity index (χ1) is 8.14.